The van der Waals surface area contributed by atoms with Crippen LogP contribution in [0.2, 0.25) is 5.02 Å². The number of H-pyrrole nitrogens is 1. The van der Waals surface area contributed by atoms with Crippen molar-refractivity contribution in [3.8, 4) is 0 Å². The number of esters is 1. The van der Waals surface area contributed by atoms with E-state index in [9.17, 15) is 4.79 Å². The van der Waals surface area contributed by atoms with Crippen LogP contribution in [0.1, 0.15) is 17.3 Å². The topological polar surface area (TPSA) is 93.9 Å². The van der Waals surface area contributed by atoms with Crippen molar-refractivity contribution in [3.63, 3.8) is 0 Å². The summed E-state index contributed by atoms with van der Waals surface area (Å²) >= 11 is 7.32. The number of halogens is 1. The highest BCUT2D eigenvalue weighted by Gasteiger charge is 2.18. The summed E-state index contributed by atoms with van der Waals surface area (Å²) in [6.45, 7) is 2.01. The Kier molecular flexibility index (Phi) is 4.28. The first-order valence-electron chi connectivity index (χ1n) is 5.41. The molecule has 1 aromatic carbocycles. The molecule has 100 valence electrons. The highest BCUT2D eigenvalue weighted by atomic mass is 35.5. The summed E-state index contributed by atoms with van der Waals surface area (Å²) in [5.41, 5.74) is 6.41. The maximum absolute atomic E-state index is 11.9. The molecule has 0 bridgehead atoms. The predicted molar refractivity (Wildman–Crippen MR) is 72.3 cm³/mol. The number of nitrogen functional groups attached to an aromatic ring is 1. The molecule has 0 radical (unpaired) electrons. The van der Waals surface area contributed by atoms with E-state index in [0.29, 0.717) is 26.3 Å². The summed E-state index contributed by atoms with van der Waals surface area (Å²) in [6, 6.07) is 3.10. The van der Waals surface area contributed by atoms with E-state index < -0.39 is 5.97 Å². The van der Waals surface area contributed by atoms with E-state index in [1.165, 1.54) is 24.2 Å². The van der Waals surface area contributed by atoms with E-state index in [4.69, 9.17) is 22.1 Å². The number of nitrogens with two attached hydrogens (primary N) is 1. The Morgan fingerprint density at radius 3 is 3.00 bits per heavy atom. The molecule has 2 rings (SSSR count). The third-order valence-electron chi connectivity index (χ3n) is 2.15. The van der Waals surface area contributed by atoms with Crippen LogP contribution in [0.15, 0.2) is 28.5 Å². The van der Waals surface area contributed by atoms with E-state index in [-0.39, 0.29) is 6.61 Å². The summed E-state index contributed by atoms with van der Waals surface area (Å²) in [5, 5.41) is 7.31. The van der Waals surface area contributed by atoms with Gasteiger partial charge in [-0.1, -0.05) is 11.6 Å². The largest absolute Gasteiger partial charge is 0.462 e. The second kappa shape index (κ2) is 5.94. The van der Waals surface area contributed by atoms with Crippen LogP contribution in [0.5, 0.6) is 0 Å². The fraction of sp³-hybridized carbons (Fsp3) is 0.182. The van der Waals surface area contributed by atoms with Gasteiger partial charge in [-0.3, -0.25) is 5.10 Å². The molecule has 0 aliphatic heterocycles. The quantitative estimate of drug-likeness (QED) is 0.665. The summed E-state index contributed by atoms with van der Waals surface area (Å²) in [6.07, 6.45) is 1.37. The zero-order valence-electron chi connectivity index (χ0n) is 10.0. The van der Waals surface area contributed by atoms with E-state index >= 15 is 0 Å². The standard InChI is InChI=1S/C11H11ClN4O2S/c1-2-18-10(17)7-3-6(13)4-8(12)9(7)19-11-14-5-15-16-11/h3-5H,2,13H2,1H3,(H,14,15,16). The maximum atomic E-state index is 11.9. The van der Waals surface area contributed by atoms with Gasteiger partial charge in [0.2, 0.25) is 0 Å². The molecule has 19 heavy (non-hydrogen) atoms. The molecule has 0 unspecified atom stereocenters. The average Bonchev–Trinajstić information content (AvgIpc) is 2.85. The van der Waals surface area contributed by atoms with Gasteiger partial charge in [-0.2, -0.15) is 5.10 Å². The second-order valence-electron chi connectivity index (χ2n) is 3.49. The summed E-state index contributed by atoms with van der Waals surface area (Å²) in [7, 11) is 0. The van der Waals surface area contributed by atoms with Gasteiger partial charge < -0.3 is 10.5 Å². The van der Waals surface area contributed by atoms with Crippen molar-refractivity contribution in [2.75, 3.05) is 12.3 Å². The lowest BCUT2D eigenvalue weighted by molar-refractivity contribution is 0.0522. The Hall–Kier alpha value is -1.73. The lowest BCUT2D eigenvalue weighted by Gasteiger charge is -2.10. The number of nitrogens with one attached hydrogen (secondary N) is 1. The first-order chi connectivity index (χ1) is 9.11. The average molecular weight is 299 g/mol. The van der Waals surface area contributed by atoms with Gasteiger partial charge in [0, 0.05) is 10.6 Å². The fourth-order valence-corrected chi connectivity index (χ4v) is 2.56. The van der Waals surface area contributed by atoms with E-state index in [1.807, 2.05) is 0 Å². The van der Waals surface area contributed by atoms with Gasteiger partial charge in [-0.15, -0.1) is 0 Å². The van der Waals surface area contributed by atoms with Gasteiger partial charge in [0.15, 0.2) is 5.16 Å². The van der Waals surface area contributed by atoms with Gasteiger partial charge in [-0.25, -0.2) is 9.78 Å². The minimum absolute atomic E-state index is 0.275. The molecule has 3 N–H and O–H groups in total. The number of benzene rings is 1. The first kappa shape index (κ1) is 13.7. The number of ether oxygens (including phenoxy) is 1. The van der Waals surface area contributed by atoms with Crippen LogP contribution in [-0.2, 0) is 4.74 Å². The monoisotopic (exact) mass is 298 g/mol. The molecule has 0 saturated carbocycles. The first-order valence-corrected chi connectivity index (χ1v) is 6.60. The van der Waals surface area contributed by atoms with E-state index in [1.54, 1.807) is 13.0 Å². The van der Waals surface area contributed by atoms with E-state index in [0.717, 1.165) is 0 Å². The minimum atomic E-state index is -0.473. The van der Waals surface area contributed by atoms with Gasteiger partial charge in [0.05, 0.1) is 17.2 Å². The Labute approximate surface area is 118 Å². The lowest BCUT2D eigenvalue weighted by atomic mass is 10.2. The van der Waals surface area contributed by atoms with Crippen molar-refractivity contribution in [2.24, 2.45) is 0 Å². The molecule has 1 heterocycles. The molecular formula is C11H11ClN4O2S. The Morgan fingerprint density at radius 1 is 1.58 bits per heavy atom. The summed E-state index contributed by atoms with van der Waals surface area (Å²) in [4.78, 5) is 16.4. The smallest absolute Gasteiger partial charge is 0.339 e. The molecule has 0 spiro atoms. The number of rotatable bonds is 4. The molecule has 0 saturated heterocycles. The van der Waals surface area contributed by atoms with Crippen LogP contribution in [-0.4, -0.2) is 27.8 Å². The third kappa shape index (κ3) is 3.18. The van der Waals surface area contributed by atoms with Crippen molar-refractivity contribution < 1.29 is 9.53 Å². The van der Waals surface area contributed by atoms with Gasteiger partial charge in [-0.05, 0) is 30.8 Å². The number of hydrogen-bond donors (Lipinski definition) is 2. The zero-order valence-corrected chi connectivity index (χ0v) is 11.6. The normalized spacial score (nSPS) is 10.4. The Bertz CT molecular complexity index is 589. The maximum Gasteiger partial charge on any atom is 0.339 e. The molecule has 2 aromatic rings. The second-order valence-corrected chi connectivity index (χ2v) is 4.90. The number of aromatic amines is 1. The van der Waals surface area contributed by atoms with Crippen molar-refractivity contribution >= 4 is 35.0 Å². The molecular weight excluding hydrogens is 288 g/mol. The lowest BCUT2D eigenvalue weighted by Crippen LogP contribution is -2.07. The number of aromatic nitrogens is 3. The van der Waals surface area contributed by atoms with Crippen molar-refractivity contribution in [1.82, 2.24) is 15.2 Å². The Balaban J connectivity index is 2.42. The van der Waals surface area contributed by atoms with Crippen molar-refractivity contribution in [3.05, 3.63) is 29.0 Å². The molecule has 1 aromatic heterocycles. The molecule has 0 amide bonds. The van der Waals surface area contributed by atoms with Crippen LogP contribution >= 0.6 is 23.4 Å². The Morgan fingerprint density at radius 2 is 2.37 bits per heavy atom. The van der Waals surface area contributed by atoms with Crippen LogP contribution in [0, 0.1) is 0 Å². The number of carbonyl (C=O) groups is 1. The van der Waals surface area contributed by atoms with Crippen LogP contribution in [0.4, 0.5) is 5.69 Å². The van der Waals surface area contributed by atoms with Crippen LogP contribution in [0.25, 0.3) is 0 Å². The van der Waals surface area contributed by atoms with Crippen molar-refractivity contribution in [1.29, 1.82) is 0 Å². The van der Waals surface area contributed by atoms with Gasteiger partial charge in [0.25, 0.3) is 0 Å². The zero-order chi connectivity index (χ0) is 13.8. The number of nitrogens with zero attached hydrogens (tertiary/aromatic N) is 2. The van der Waals surface area contributed by atoms with Crippen LogP contribution in [0.3, 0.4) is 0 Å². The summed E-state index contributed by atoms with van der Waals surface area (Å²) in [5.74, 6) is -0.473. The summed E-state index contributed by atoms with van der Waals surface area (Å²) < 4.78 is 4.99. The fourth-order valence-electron chi connectivity index (χ4n) is 1.42. The molecule has 8 heteroatoms. The van der Waals surface area contributed by atoms with Crippen LogP contribution < -0.4 is 5.73 Å². The van der Waals surface area contributed by atoms with E-state index in [2.05, 4.69) is 15.2 Å². The molecule has 0 aliphatic carbocycles. The highest BCUT2D eigenvalue weighted by Crippen LogP contribution is 2.36. The predicted octanol–water partition coefficient (Wildman–Crippen LogP) is 2.37. The van der Waals surface area contributed by atoms with Crippen molar-refractivity contribution in [2.45, 2.75) is 17.0 Å². The minimum Gasteiger partial charge on any atom is -0.462 e. The SMILES string of the molecule is CCOC(=O)c1cc(N)cc(Cl)c1Sc1ncn[nH]1. The number of anilines is 1. The molecule has 0 aliphatic rings. The van der Waals surface area contributed by atoms with Gasteiger partial charge >= 0.3 is 5.97 Å². The third-order valence-corrected chi connectivity index (χ3v) is 3.60. The van der Waals surface area contributed by atoms with Gasteiger partial charge in [0.1, 0.15) is 6.33 Å². The number of hydrogen-bond acceptors (Lipinski definition) is 6. The highest BCUT2D eigenvalue weighted by molar-refractivity contribution is 7.99. The molecule has 0 atom stereocenters. The molecule has 6 nitrogen and oxygen atoms in total. The molecule has 0 fully saturated rings. The number of carbonyl (C=O) groups excluding carboxylic acids is 1.